The molecule has 228 valence electrons. The van der Waals surface area contributed by atoms with Crippen molar-refractivity contribution in [3.63, 3.8) is 0 Å². The third kappa shape index (κ3) is 4.65. The molecule has 0 saturated heterocycles. The predicted octanol–water partition coefficient (Wildman–Crippen LogP) is 11.9. The molecule has 0 aliphatic rings. The highest BCUT2D eigenvalue weighted by molar-refractivity contribution is 6.21. The second kappa shape index (κ2) is 11.0. The lowest BCUT2D eigenvalue weighted by atomic mass is 9.94. The molecule has 49 heavy (non-hydrogen) atoms. The standard InChI is InChI=1S/C45H27N3O/c1-2-12-30(13-3-1)43-46-44(35-21-19-29-11-5-7-15-32(29)25-35)48-45(47-43)36-22-23-38-40(27-36)49-42-37-17-9-8-16-33(37)26-39(41(38)42)34-20-18-28-10-4-6-14-31(28)24-34/h1-27H. The van der Waals surface area contributed by atoms with Gasteiger partial charge in [0.05, 0.1) is 0 Å². The first kappa shape index (κ1) is 27.5. The van der Waals surface area contributed by atoms with Gasteiger partial charge >= 0.3 is 0 Å². The Balaban J connectivity index is 1.19. The van der Waals surface area contributed by atoms with Crippen LogP contribution in [0.5, 0.6) is 0 Å². The molecule has 2 heterocycles. The summed E-state index contributed by atoms with van der Waals surface area (Å²) in [7, 11) is 0. The molecule has 0 unspecified atom stereocenters. The fraction of sp³-hybridized carbons (Fsp3) is 0. The molecule has 0 N–H and O–H groups in total. The van der Waals surface area contributed by atoms with Gasteiger partial charge in [0.25, 0.3) is 0 Å². The highest BCUT2D eigenvalue weighted by Gasteiger charge is 2.19. The van der Waals surface area contributed by atoms with E-state index in [1.807, 2.05) is 30.3 Å². The van der Waals surface area contributed by atoms with Crippen LogP contribution in [0.15, 0.2) is 168 Å². The average Bonchev–Trinajstić information content (AvgIpc) is 3.57. The predicted molar refractivity (Wildman–Crippen MR) is 201 cm³/mol. The van der Waals surface area contributed by atoms with Crippen molar-refractivity contribution in [3.8, 4) is 45.3 Å². The molecule has 0 aliphatic heterocycles. The van der Waals surface area contributed by atoms with E-state index in [9.17, 15) is 0 Å². The van der Waals surface area contributed by atoms with Gasteiger partial charge in [-0.2, -0.15) is 0 Å². The summed E-state index contributed by atoms with van der Waals surface area (Å²) < 4.78 is 6.78. The highest BCUT2D eigenvalue weighted by atomic mass is 16.3. The quantitative estimate of drug-likeness (QED) is 0.195. The smallest absolute Gasteiger partial charge is 0.164 e. The highest BCUT2D eigenvalue weighted by Crippen LogP contribution is 2.42. The maximum Gasteiger partial charge on any atom is 0.164 e. The van der Waals surface area contributed by atoms with E-state index in [2.05, 4.69) is 133 Å². The zero-order valence-electron chi connectivity index (χ0n) is 26.3. The number of rotatable bonds is 4. The van der Waals surface area contributed by atoms with Gasteiger partial charge < -0.3 is 4.42 Å². The zero-order valence-corrected chi connectivity index (χ0v) is 26.3. The molecule has 0 atom stereocenters. The van der Waals surface area contributed by atoms with Crippen LogP contribution in [0.2, 0.25) is 0 Å². The molecule has 0 radical (unpaired) electrons. The summed E-state index contributed by atoms with van der Waals surface area (Å²) in [5, 5.41) is 9.14. The lowest BCUT2D eigenvalue weighted by Crippen LogP contribution is -2.00. The van der Waals surface area contributed by atoms with Crippen molar-refractivity contribution in [1.82, 2.24) is 15.0 Å². The lowest BCUT2D eigenvalue weighted by molar-refractivity contribution is 0.673. The van der Waals surface area contributed by atoms with Crippen molar-refractivity contribution >= 4 is 54.3 Å². The van der Waals surface area contributed by atoms with Gasteiger partial charge in [0.2, 0.25) is 0 Å². The first-order valence-corrected chi connectivity index (χ1v) is 16.4. The Morgan fingerprint density at radius 3 is 1.59 bits per heavy atom. The first-order chi connectivity index (χ1) is 24.2. The summed E-state index contributed by atoms with van der Waals surface area (Å²) >= 11 is 0. The molecule has 8 aromatic carbocycles. The van der Waals surface area contributed by atoms with Gasteiger partial charge in [-0.25, -0.2) is 15.0 Å². The minimum absolute atomic E-state index is 0.596. The summed E-state index contributed by atoms with van der Waals surface area (Å²) in [6.45, 7) is 0. The lowest BCUT2D eigenvalue weighted by Gasteiger charge is -2.09. The normalized spacial score (nSPS) is 11.7. The number of furan rings is 1. The summed E-state index contributed by atoms with van der Waals surface area (Å²) in [6, 6.07) is 57.0. The van der Waals surface area contributed by atoms with E-state index >= 15 is 0 Å². The monoisotopic (exact) mass is 625 g/mol. The van der Waals surface area contributed by atoms with Gasteiger partial charge in [0.15, 0.2) is 17.5 Å². The number of hydrogen-bond donors (Lipinski definition) is 0. The first-order valence-electron chi connectivity index (χ1n) is 16.4. The van der Waals surface area contributed by atoms with Crippen molar-refractivity contribution in [2.24, 2.45) is 0 Å². The Labute approximate surface area is 282 Å². The second-order valence-corrected chi connectivity index (χ2v) is 12.5. The largest absolute Gasteiger partial charge is 0.455 e. The van der Waals surface area contributed by atoms with Gasteiger partial charge in [-0.3, -0.25) is 0 Å². The maximum atomic E-state index is 6.78. The average molecular weight is 626 g/mol. The minimum atomic E-state index is 0.596. The molecular formula is C45H27N3O. The molecule has 4 heteroatoms. The minimum Gasteiger partial charge on any atom is -0.455 e. The van der Waals surface area contributed by atoms with Gasteiger partial charge in [-0.15, -0.1) is 0 Å². The van der Waals surface area contributed by atoms with Crippen molar-refractivity contribution < 1.29 is 4.42 Å². The fourth-order valence-electron chi connectivity index (χ4n) is 7.01. The molecular weight excluding hydrogens is 599 g/mol. The molecule has 0 aliphatic carbocycles. The summed E-state index contributed by atoms with van der Waals surface area (Å²) in [4.78, 5) is 15.0. The van der Waals surface area contributed by atoms with E-state index in [4.69, 9.17) is 19.4 Å². The van der Waals surface area contributed by atoms with E-state index in [0.29, 0.717) is 17.5 Å². The van der Waals surface area contributed by atoms with Gasteiger partial charge in [-0.1, -0.05) is 133 Å². The Bertz CT molecular complexity index is 2890. The number of aromatic nitrogens is 3. The maximum absolute atomic E-state index is 6.78. The second-order valence-electron chi connectivity index (χ2n) is 12.5. The number of hydrogen-bond acceptors (Lipinski definition) is 4. The van der Waals surface area contributed by atoms with Crippen LogP contribution < -0.4 is 0 Å². The van der Waals surface area contributed by atoms with Crippen LogP contribution in [0.3, 0.4) is 0 Å². The molecule has 0 spiro atoms. The molecule has 10 aromatic rings. The van der Waals surface area contributed by atoms with Gasteiger partial charge in [-0.05, 0) is 68.4 Å². The van der Waals surface area contributed by atoms with Gasteiger partial charge in [0, 0.05) is 32.8 Å². The van der Waals surface area contributed by atoms with Crippen molar-refractivity contribution in [2.45, 2.75) is 0 Å². The topological polar surface area (TPSA) is 51.8 Å². The van der Waals surface area contributed by atoms with E-state index in [1.54, 1.807) is 0 Å². The molecule has 2 aromatic heterocycles. The Morgan fingerprint density at radius 2 is 0.878 bits per heavy atom. The fourth-order valence-corrected chi connectivity index (χ4v) is 7.01. The number of benzene rings is 8. The van der Waals surface area contributed by atoms with Crippen LogP contribution >= 0.6 is 0 Å². The molecule has 4 nitrogen and oxygen atoms in total. The molecule has 0 fully saturated rings. The van der Waals surface area contributed by atoms with Crippen molar-refractivity contribution in [3.05, 3.63) is 164 Å². The summed E-state index contributed by atoms with van der Waals surface area (Å²) in [5.74, 6) is 1.85. The van der Waals surface area contributed by atoms with Crippen LogP contribution in [-0.4, -0.2) is 15.0 Å². The van der Waals surface area contributed by atoms with Gasteiger partial charge in [0.1, 0.15) is 11.2 Å². The Hall–Kier alpha value is -6.65. The SMILES string of the molecule is c1ccc(-c2nc(-c3ccc4ccccc4c3)nc(-c3ccc4c(c3)oc3c5ccccc5cc(-c5ccc6ccccc6c5)c43)n2)cc1. The van der Waals surface area contributed by atoms with Crippen molar-refractivity contribution in [2.75, 3.05) is 0 Å². The van der Waals surface area contributed by atoms with E-state index in [-0.39, 0.29) is 0 Å². The Morgan fingerprint density at radius 1 is 0.347 bits per heavy atom. The van der Waals surface area contributed by atoms with Crippen LogP contribution in [0.1, 0.15) is 0 Å². The summed E-state index contributed by atoms with van der Waals surface area (Å²) in [6.07, 6.45) is 0. The molecule has 0 saturated carbocycles. The van der Waals surface area contributed by atoms with E-state index in [0.717, 1.165) is 65.9 Å². The van der Waals surface area contributed by atoms with Crippen LogP contribution in [0, 0.1) is 0 Å². The van der Waals surface area contributed by atoms with E-state index in [1.165, 1.54) is 16.2 Å². The molecule has 0 amide bonds. The third-order valence-corrected chi connectivity index (χ3v) is 9.46. The van der Waals surface area contributed by atoms with Crippen LogP contribution in [0.4, 0.5) is 0 Å². The number of fused-ring (bicyclic) bond motifs is 7. The molecule has 0 bridgehead atoms. The number of nitrogens with zero attached hydrogens (tertiary/aromatic N) is 3. The zero-order chi connectivity index (χ0) is 32.3. The summed E-state index contributed by atoms with van der Waals surface area (Å²) in [5.41, 5.74) is 6.72. The Kier molecular flexibility index (Phi) is 6.15. The van der Waals surface area contributed by atoms with Crippen LogP contribution in [-0.2, 0) is 0 Å². The molecule has 10 rings (SSSR count). The van der Waals surface area contributed by atoms with E-state index < -0.39 is 0 Å². The van der Waals surface area contributed by atoms with Crippen LogP contribution in [0.25, 0.3) is 99.5 Å². The third-order valence-electron chi connectivity index (χ3n) is 9.46. The van der Waals surface area contributed by atoms with Crippen molar-refractivity contribution in [1.29, 1.82) is 0 Å².